The van der Waals surface area contributed by atoms with Crippen molar-refractivity contribution in [3.8, 4) is 0 Å². The average Bonchev–Trinajstić information content (AvgIpc) is 2.39. The van der Waals surface area contributed by atoms with Gasteiger partial charge in [0.15, 0.2) is 11.8 Å². The highest BCUT2D eigenvalue weighted by Gasteiger charge is 2.25. The van der Waals surface area contributed by atoms with Crippen molar-refractivity contribution in [1.29, 1.82) is 0 Å². The first kappa shape index (κ1) is 16.4. The topological polar surface area (TPSA) is 83.5 Å². The van der Waals surface area contributed by atoms with E-state index in [1.54, 1.807) is 0 Å². The number of Topliss-reactive ketones (excluding diaryl/α,β-unsaturated/α-hetero) is 1. The molecule has 1 aromatic rings. The Balaban J connectivity index is 2.42. The Bertz CT molecular complexity index is 475. The second-order valence-corrected chi connectivity index (χ2v) is 5.30. The Morgan fingerprint density at radius 3 is 2.45 bits per heavy atom. The SMILES string of the molecule is CC(=O)SNC(C(=O)O)C(=O)CCCc1ccccc1. The highest BCUT2D eigenvalue weighted by atomic mass is 32.2. The lowest BCUT2D eigenvalue weighted by atomic mass is 10.0. The summed E-state index contributed by atoms with van der Waals surface area (Å²) in [6, 6.07) is 8.34. The van der Waals surface area contributed by atoms with Crippen LogP contribution in [0.3, 0.4) is 0 Å². The zero-order valence-corrected chi connectivity index (χ0v) is 12.0. The molecule has 0 heterocycles. The molecule has 1 atom stereocenters. The maximum Gasteiger partial charge on any atom is 0.329 e. The van der Waals surface area contributed by atoms with E-state index in [9.17, 15) is 14.4 Å². The largest absolute Gasteiger partial charge is 0.480 e. The number of ketones is 1. The van der Waals surface area contributed by atoms with Crippen molar-refractivity contribution >= 4 is 28.8 Å². The molecule has 108 valence electrons. The van der Waals surface area contributed by atoms with Crippen LogP contribution in [0.25, 0.3) is 0 Å². The van der Waals surface area contributed by atoms with Crippen molar-refractivity contribution in [1.82, 2.24) is 4.72 Å². The van der Waals surface area contributed by atoms with Crippen LogP contribution in [0, 0.1) is 0 Å². The van der Waals surface area contributed by atoms with Crippen molar-refractivity contribution in [3.05, 3.63) is 35.9 Å². The average molecular weight is 295 g/mol. The number of carboxylic acids is 1. The second-order valence-electron chi connectivity index (χ2n) is 4.29. The van der Waals surface area contributed by atoms with E-state index in [0.29, 0.717) is 18.4 Å². The predicted octanol–water partition coefficient (Wildman–Crippen LogP) is 1.82. The Morgan fingerprint density at radius 1 is 1.25 bits per heavy atom. The number of benzene rings is 1. The quantitative estimate of drug-likeness (QED) is 0.562. The highest BCUT2D eigenvalue weighted by Crippen LogP contribution is 2.08. The minimum atomic E-state index is -1.33. The summed E-state index contributed by atoms with van der Waals surface area (Å²) in [5, 5.41) is 8.68. The third kappa shape index (κ3) is 5.99. The predicted molar refractivity (Wildman–Crippen MR) is 77.2 cm³/mol. The minimum Gasteiger partial charge on any atom is -0.480 e. The van der Waals surface area contributed by atoms with E-state index < -0.39 is 17.8 Å². The first-order valence-corrected chi connectivity index (χ1v) is 7.04. The van der Waals surface area contributed by atoms with E-state index >= 15 is 0 Å². The first-order chi connectivity index (χ1) is 9.50. The number of aliphatic carboxylic acids is 1. The molecule has 0 saturated heterocycles. The van der Waals surface area contributed by atoms with Crippen LogP contribution in [0.5, 0.6) is 0 Å². The third-order valence-electron chi connectivity index (χ3n) is 2.62. The van der Waals surface area contributed by atoms with E-state index in [1.165, 1.54) is 6.92 Å². The summed E-state index contributed by atoms with van der Waals surface area (Å²) in [5.74, 6) is -1.68. The summed E-state index contributed by atoms with van der Waals surface area (Å²) in [4.78, 5) is 33.6. The molecule has 0 saturated carbocycles. The van der Waals surface area contributed by atoms with Gasteiger partial charge < -0.3 is 5.11 Å². The fourth-order valence-corrected chi connectivity index (χ4v) is 2.17. The Hall–Kier alpha value is -1.66. The number of hydrogen-bond donors (Lipinski definition) is 2. The van der Waals surface area contributed by atoms with Crippen molar-refractivity contribution < 1.29 is 19.5 Å². The fourth-order valence-electron chi connectivity index (χ4n) is 1.65. The van der Waals surface area contributed by atoms with Crippen molar-refractivity contribution in [2.75, 3.05) is 0 Å². The van der Waals surface area contributed by atoms with E-state index in [2.05, 4.69) is 4.72 Å². The van der Waals surface area contributed by atoms with Crippen LogP contribution in [0.1, 0.15) is 25.3 Å². The molecule has 2 N–H and O–H groups in total. The molecule has 0 aliphatic rings. The molecule has 1 unspecified atom stereocenters. The van der Waals surface area contributed by atoms with E-state index in [1.807, 2.05) is 30.3 Å². The van der Waals surface area contributed by atoms with Gasteiger partial charge in [-0.3, -0.25) is 14.4 Å². The van der Waals surface area contributed by atoms with Crippen LogP contribution in [-0.2, 0) is 20.8 Å². The Morgan fingerprint density at radius 2 is 1.90 bits per heavy atom. The normalized spacial score (nSPS) is 11.8. The molecule has 0 amide bonds. The summed E-state index contributed by atoms with van der Waals surface area (Å²) in [6.07, 6.45) is 1.47. The van der Waals surface area contributed by atoms with Crippen molar-refractivity contribution in [2.24, 2.45) is 0 Å². The Kier molecular flexibility index (Phi) is 6.97. The molecule has 0 bridgehead atoms. The number of hydrogen-bond acceptors (Lipinski definition) is 5. The number of nitrogens with one attached hydrogen (secondary N) is 1. The molecule has 0 aliphatic heterocycles. The zero-order valence-electron chi connectivity index (χ0n) is 11.2. The number of carbonyl (C=O) groups excluding carboxylic acids is 2. The van der Waals surface area contributed by atoms with Gasteiger partial charge in [-0.15, -0.1) is 0 Å². The first-order valence-electron chi connectivity index (χ1n) is 6.23. The van der Waals surface area contributed by atoms with Crippen LogP contribution in [-0.4, -0.2) is 28.0 Å². The van der Waals surface area contributed by atoms with E-state index in [4.69, 9.17) is 5.11 Å². The third-order valence-corrected chi connectivity index (χ3v) is 3.26. The number of aryl methyl sites for hydroxylation is 1. The smallest absolute Gasteiger partial charge is 0.329 e. The van der Waals surface area contributed by atoms with Crippen LogP contribution in [0.2, 0.25) is 0 Å². The molecular formula is C14H17NO4S. The number of carbonyl (C=O) groups is 3. The zero-order chi connectivity index (χ0) is 15.0. The van der Waals surface area contributed by atoms with Gasteiger partial charge in [-0.1, -0.05) is 30.3 Å². The monoisotopic (exact) mass is 295 g/mol. The van der Waals surface area contributed by atoms with Gasteiger partial charge in [0.1, 0.15) is 0 Å². The van der Waals surface area contributed by atoms with E-state index in [-0.39, 0.29) is 11.5 Å². The van der Waals surface area contributed by atoms with E-state index in [0.717, 1.165) is 12.0 Å². The number of carboxylic acid groups (broad SMARTS) is 1. The maximum absolute atomic E-state index is 11.8. The number of rotatable bonds is 8. The molecule has 0 radical (unpaired) electrons. The lowest BCUT2D eigenvalue weighted by Gasteiger charge is -2.11. The van der Waals surface area contributed by atoms with Gasteiger partial charge in [0, 0.05) is 13.3 Å². The molecule has 20 heavy (non-hydrogen) atoms. The van der Waals surface area contributed by atoms with Gasteiger partial charge in [0.05, 0.1) is 0 Å². The van der Waals surface area contributed by atoms with Gasteiger partial charge in [-0.2, -0.15) is 0 Å². The molecule has 5 nitrogen and oxygen atoms in total. The van der Waals surface area contributed by atoms with Gasteiger partial charge in [-0.05, 0) is 30.4 Å². The minimum absolute atomic E-state index is 0.164. The Labute approximate surface area is 121 Å². The lowest BCUT2D eigenvalue weighted by molar-refractivity contribution is -0.142. The van der Waals surface area contributed by atoms with Gasteiger partial charge in [-0.25, -0.2) is 4.72 Å². The molecule has 0 spiro atoms. The van der Waals surface area contributed by atoms with Crippen LogP contribution in [0.4, 0.5) is 0 Å². The summed E-state index contributed by atoms with van der Waals surface area (Å²) in [6.45, 7) is 1.30. The lowest BCUT2D eigenvalue weighted by Crippen LogP contribution is -2.40. The summed E-state index contributed by atoms with van der Waals surface area (Å²) < 4.78 is 2.39. The molecule has 0 fully saturated rings. The highest BCUT2D eigenvalue weighted by molar-refractivity contribution is 8.11. The van der Waals surface area contributed by atoms with Crippen molar-refractivity contribution in [3.63, 3.8) is 0 Å². The van der Waals surface area contributed by atoms with Gasteiger partial charge >= 0.3 is 5.97 Å². The summed E-state index contributed by atoms with van der Waals surface area (Å²) in [7, 11) is 0. The standard InChI is InChI=1S/C14H17NO4S/c1-10(16)20-15-13(14(18)19)12(17)9-5-8-11-6-3-2-4-7-11/h2-4,6-7,13,15H,5,8-9H2,1H3,(H,18,19). The van der Waals surface area contributed by atoms with Gasteiger partial charge in [0.2, 0.25) is 5.12 Å². The maximum atomic E-state index is 11.8. The molecular weight excluding hydrogens is 278 g/mol. The molecule has 0 aromatic heterocycles. The molecule has 6 heteroatoms. The van der Waals surface area contributed by atoms with Crippen LogP contribution >= 0.6 is 11.9 Å². The van der Waals surface area contributed by atoms with Crippen LogP contribution in [0.15, 0.2) is 30.3 Å². The van der Waals surface area contributed by atoms with Crippen LogP contribution < -0.4 is 4.72 Å². The van der Waals surface area contributed by atoms with Gasteiger partial charge in [0.25, 0.3) is 0 Å². The van der Waals surface area contributed by atoms with Crippen molar-refractivity contribution in [2.45, 2.75) is 32.2 Å². The fraction of sp³-hybridized carbons (Fsp3) is 0.357. The summed E-state index contributed by atoms with van der Waals surface area (Å²) in [5.41, 5.74) is 1.11. The molecule has 0 aliphatic carbocycles. The second kappa shape index (κ2) is 8.50. The summed E-state index contributed by atoms with van der Waals surface area (Å²) >= 11 is 0.635. The molecule has 1 rings (SSSR count). The molecule has 1 aromatic carbocycles.